The molecule has 3 rings (SSSR count). The lowest BCUT2D eigenvalue weighted by molar-refractivity contribution is -0.119. The third kappa shape index (κ3) is 3.87. The second kappa shape index (κ2) is 7.74. The van der Waals surface area contributed by atoms with Crippen molar-refractivity contribution in [2.75, 3.05) is 26.9 Å². The van der Waals surface area contributed by atoms with Gasteiger partial charge in [0.2, 0.25) is 0 Å². The number of nitrogens with zero attached hydrogens (tertiary/aromatic N) is 1. The summed E-state index contributed by atoms with van der Waals surface area (Å²) in [5, 5.41) is 0. The van der Waals surface area contributed by atoms with Crippen LogP contribution in [0.2, 0.25) is 0 Å². The third-order valence-electron chi connectivity index (χ3n) is 4.77. The molecule has 2 N–H and O–H groups in total. The van der Waals surface area contributed by atoms with Gasteiger partial charge < -0.3 is 24.8 Å². The molecular formula is C18H24N2O5. The van der Waals surface area contributed by atoms with Gasteiger partial charge in [-0.3, -0.25) is 9.59 Å². The van der Waals surface area contributed by atoms with Gasteiger partial charge in [-0.1, -0.05) is 12.8 Å². The molecule has 0 bridgehead atoms. The van der Waals surface area contributed by atoms with E-state index in [4.69, 9.17) is 19.9 Å². The molecule has 136 valence electrons. The predicted octanol–water partition coefficient (Wildman–Crippen LogP) is 1.34. The molecule has 7 heteroatoms. The number of carbonyl (C=O) groups excluding carboxylic acids is 2. The Hall–Kier alpha value is -2.28. The number of rotatable bonds is 5. The summed E-state index contributed by atoms with van der Waals surface area (Å²) in [4.78, 5) is 25.8. The van der Waals surface area contributed by atoms with Crippen LogP contribution in [0.3, 0.4) is 0 Å². The van der Waals surface area contributed by atoms with Gasteiger partial charge in [0.25, 0.3) is 11.8 Å². The van der Waals surface area contributed by atoms with Gasteiger partial charge in [0.05, 0.1) is 25.9 Å². The first kappa shape index (κ1) is 17.5. The molecule has 1 aromatic carbocycles. The van der Waals surface area contributed by atoms with Crippen LogP contribution in [-0.2, 0) is 9.53 Å². The van der Waals surface area contributed by atoms with E-state index in [-0.39, 0.29) is 24.7 Å². The summed E-state index contributed by atoms with van der Waals surface area (Å²) in [6.07, 6.45) is 4.41. The number of nitrogens with two attached hydrogens (primary N) is 1. The van der Waals surface area contributed by atoms with Crippen molar-refractivity contribution in [1.82, 2.24) is 4.90 Å². The Kier molecular flexibility index (Phi) is 5.43. The number of benzene rings is 1. The van der Waals surface area contributed by atoms with E-state index in [0.717, 1.165) is 25.7 Å². The van der Waals surface area contributed by atoms with Crippen LogP contribution in [0.4, 0.5) is 0 Å². The van der Waals surface area contributed by atoms with Crippen LogP contribution in [0.1, 0.15) is 36.0 Å². The molecule has 1 saturated carbocycles. The van der Waals surface area contributed by atoms with E-state index in [1.807, 2.05) is 4.90 Å². The summed E-state index contributed by atoms with van der Waals surface area (Å²) in [7, 11) is 1.49. The molecule has 7 nitrogen and oxygen atoms in total. The van der Waals surface area contributed by atoms with Crippen molar-refractivity contribution < 1.29 is 23.8 Å². The Morgan fingerprint density at radius 1 is 1.28 bits per heavy atom. The molecule has 0 spiro atoms. The monoisotopic (exact) mass is 348 g/mol. The Morgan fingerprint density at radius 3 is 2.84 bits per heavy atom. The van der Waals surface area contributed by atoms with Crippen LogP contribution >= 0.6 is 0 Å². The smallest absolute Gasteiger partial charge is 0.255 e. The van der Waals surface area contributed by atoms with Gasteiger partial charge in [-0.25, -0.2) is 0 Å². The standard InChI is InChI=1S/C18H24N2O5/c1-23-16-10-12(6-7-15(16)25-11-17(19)21)18(22)20-8-9-24-14-5-3-2-4-13(14)20/h6-7,10,13-14H,2-5,8-9,11H2,1H3,(H2,19,21)/t13-,14+/m0/s1. The number of hydrogen-bond donors (Lipinski definition) is 1. The van der Waals surface area contributed by atoms with Gasteiger partial charge in [-0.05, 0) is 31.0 Å². The zero-order valence-electron chi connectivity index (χ0n) is 14.4. The van der Waals surface area contributed by atoms with Gasteiger partial charge in [-0.15, -0.1) is 0 Å². The highest BCUT2D eigenvalue weighted by molar-refractivity contribution is 5.95. The number of amides is 2. The number of methoxy groups -OCH3 is 1. The molecule has 2 amide bonds. The summed E-state index contributed by atoms with van der Waals surface area (Å²) in [5.41, 5.74) is 5.63. The van der Waals surface area contributed by atoms with E-state index in [0.29, 0.717) is 30.2 Å². The summed E-state index contributed by atoms with van der Waals surface area (Å²) < 4.78 is 16.4. The number of carbonyl (C=O) groups is 2. The lowest BCUT2D eigenvalue weighted by Crippen LogP contribution is -2.54. The minimum absolute atomic E-state index is 0.0278. The fraction of sp³-hybridized carbons (Fsp3) is 0.556. The fourth-order valence-electron chi connectivity index (χ4n) is 3.58. The number of morpholine rings is 1. The molecule has 0 unspecified atom stereocenters. The maximum absolute atomic E-state index is 13.0. The third-order valence-corrected chi connectivity index (χ3v) is 4.77. The van der Waals surface area contributed by atoms with Crippen LogP contribution in [0.5, 0.6) is 11.5 Å². The molecule has 1 heterocycles. The van der Waals surface area contributed by atoms with Crippen molar-refractivity contribution in [3.8, 4) is 11.5 Å². The molecule has 1 aliphatic heterocycles. The highest BCUT2D eigenvalue weighted by atomic mass is 16.5. The Morgan fingerprint density at radius 2 is 2.08 bits per heavy atom. The summed E-state index contributed by atoms with van der Waals surface area (Å²) in [6.45, 7) is 0.933. The van der Waals surface area contributed by atoms with Crippen molar-refractivity contribution in [3.05, 3.63) is 23.8 Å². The highest BCUT2D eigenvalue weighted by Crippen LogP contribution is 2.32. The fourth-order valence-corrected chi connectivity index (χ4v) is 3.58. The van der Waals surface area contributed by atoms with Gasteiger partial charge in [-0.2, -0.15) is 0 Å². The molecule has 2 fully saturated rings. The van der Waals surface area contributed by atoms with Crippen LogP contribution in [0, 0.1) is 0 Å². The average Bonchev–Trinajstić information content (AvgIpc) is 2.65. The zero-order chi connectivity index (χ0) is 17.8. The SMILES string of the molecule is COc1cc(C(=O)N2CCO[C@@H]3CCCC[C@@H]32)ccc1OCC(N)=O. The molecule has 2 atom stereocenters. The molecule has 2 aliphatic rings. The van der Waals surface area contributed by atoms with E-state index in [2.05, 4.69) is 0 Å². The Labute approximate surface area is 147 Å². The molecular weight excluding hydrogens is 324 g/mol. The van der Waals surface area contributed by atoms with Gasteiger partial charge >= 0.3 is 0 Å². The molecule has 1 aromatic rings. The van der Waals surface area contributed by atoms with E-state index in [1.165, 1.54) is 7.11 Å². The topological polar surface area (TPSA) is 91.1 Å². The Balaban J connectivity index is 1.78. The number of fused-ring (bicyclic) bond motifs is 1. The van der Waals surface area contributed by atoms with Crippen molar-refractivity contribution in [3.63, 3.8) is 0 Å². The average molecular weight is 348 g/mol. The maximum atomic E-state index is 13.0. The largest absolute Gasteiger partial charge is 0.493 e. The van der Waals surface area contributed by atoms with Crippen LogP contribution in [0.15, 0.2) is 18.2 Å². The van der Waals surface area contributed by atoms with Gasteiger partial charge in [0, 0.05) is 12.1 Å². The maximum Gasteiger partial charge on any atom is 0.255 e. The zero-order valence-corrected chi connectivity index (χ0v) is 14.4. The van der Waals surface area contributed by atoms with Gasteiger partial charge in [0.1, 0.15) is 0 Å². The molecule has 1 saturated heterocycles. The first-order valence-electron chi connectivity index (χ1n) is 8.62. The van der Waals surface area contributed by atoms with E-state index in [1.54, 1.807) is 18.2 Å². The summed E-state index contributed by atoms with van der Waals surface area (Å²) in [6, 6.07) is 5.11. The number of ether oxygens (including phenoxy) is 3. The van der Waals surface area contributed by atoms with Crippen molar-refractivity contribution >= 4 is 11.8 Å². The quantitative estimate of drug-likeness (QED) is 0.867. The van der Waals surface area contributed by atoms with Gasteiger partial charge in [0.15, 0.2) is 18.1 Å². The Bertz CT molecular complexity index is 646. The van der Waals surface area contributed by atoms with Crippen LogP contribution in [0.25, 0.3) is 0 Å². The second-order valence-corrected chi connectivity index (χ2v) is 6.38. The first-order chi connectivity index (χ1) is 12.1. The molecule has 1 aliphatic carbocycles. The minimum atomic E-state index is -0.570. The van der Waals surface area contributed by atoms with Crippen molar-refractivity contribution in [1.29, 1.82) is 0 Å². The number of primary amides is 1. The first-order valence-corrected chi connectivity index (χ1v) is 8.62. The molecule has 25 heavy (non-hydrogen) atoms. The summed E-state index contributed by atoms with van der Waals surface area (Å²) >= 11 is 0. The molecule has 0 aromatic heterocycles. The van der Waals surface area contributed by atoms with Crippen LogP contribution < -0.4 is 15.2 Å². The van der Waals surface area contributed by atoms with E-state index < -0.39 is 5.91 Å². The van der Waals surface area contributed by atoms with E-state index in [9.17, 15) is 9.59 Å². The second-order valence-electron chi connectivity index (χ2n) is 6.38. The number of hydrogen-bond acceptors (Lipinski definition) is 5. The predicted molar refractivity (Wildman–Crippen MR) is 90.7 cm³/mol. The normalized spacial score (nSPS) is 22.8. The lowest BCUT2D eigenvalue weighted by Gasteiger charge is -2.43. The van der Waals surface area contributed by atoms with E-state index >= 15 is 0 Å². The van der Waals surface area contributed by atoms with Crippen molar-refractivity contribution in [2.24, 2.45) is 5.73 Å². The van der Waals surface area contributed by atoms with Crippen LogP contribution in [-0.4, -0.2) is 55.7 Å². The minimum Gasteiger partial charge on any atom is -0.493 e. The highest BCUT2D eigenvalue weighted by Gasteiger charge is 2.37. The lowest BCUT2D eigenvalue weighted by atomic mass is 9.89. The van der Waals surface area contributed by atoms with Crippen molar-refractivity contribution in [2.45, 2.75) is 37.8 Å². The molecule has 0 radical (unpaired) electrons. The summed E-state index contributed by atoms with van der Waals surface area (Å²) in [5.74, 6) is 0.190.